The van der Waals surface area contributed by atoms with E-state index < -0.39 is 36.2 Å². The molecule has 37 nitrogen and oxygen atoms in total. The fourth-order valence-electron chi connectivity index (χ4n) is 15.1. The fraction of sp³-hybridized carbons (Fsp3) is 0.544. The average Bonchev–Trinajstić information content (AvgIpc) is 1.69. The normalized spacial score (nSPS) is 17.1. The van der Waals surface area contributed by atoms with E-state index in [9.17, 15) is 54.0 Å². The maximum atomic E-state index is 13.7. The van der Waals surface area contributed by atoms with E-state index in [1.807, 2.05) is 60.3 Å². The summed E-state index contributed by atoms with van der Waals surface area (Å²) < 4.78 is 119. The predicted molar refractivity (Wildman–Crippen MR) is 442 cm³/mol. The summed E-state index contributed by atoms with van der Waals surface area (Å²) in [6.07, 6.45) is 5.53. The van der Waals surface area contributed by atoms with E-state index in [0.29, 0.717) is 209 Å². The molecule has 0 saturated carbocycles. The lowest BCUT2D eigenvalue weighted by molar-refractivity contribution is -0.142. The lowest BCUT2D eigenvalue weighted by atomic mass is 10.2. The zero-order chi connectivity index (χ0) is 85.2. The van der Waals surface area contributed by atoms with Crippen LogP contribution in [0.15, 0.2) is 83.7 Å². The van der Waals surface area contributed by atoms with Gasteiger partial charge in [0.05, 0.1) is 94.6 Å². The zero-order valence-corrected chi connectivity index (χ0v) is 71.8. The summed E-state index contributed by atoms with van der Waals surface area (Å²) in [4.78, 5) is 106. The minimum atomic E-state index is -3.89. The van der Waals surface area contributed by atoms with Crippen LogP contribution in [0.2, 0.25) is 0 Å². The topological polar surface area (TPSA) is 424 Å². The van der Waals surface area contributed by atoms with E-state index in [2.05, 4.69) is 55.4 Å². The number of aromatic amines is 3. The van der Waals surface area contributed by atoms with Gasteiger partial charge in [-0.15, -0.1) is 15.3 Å². The fourth-order valence-corrected chi connectivity index (χ4v) is 19.5. The van der Waals surface area contributed by atoms with E-state index in [4.69, 9.17) is 23.7 Å². The Bertz CT molecular complexity index is 5710. The number of rotatable bonds is 27. The lowest BCUT2D eigenvalue weighted by Crippen LogP contribution is -2.53. The van der Waals surface area contributed by atoms with Crippen molar-refractivity contribution in [2.45, 2.75) is 154 Å². The van der Waals surface area contributed by atoms with Crippen LogP contribution in [0.5, 0.6) is 17.2 Å². The number of carbonyl (C=O) groups excluding carboxylic acids is 3. The second-order valence-electron chi connectivity index (χ2n) is 29.9. The van der Waals surface area contributed by atoms with E-state index in [0.717, 1.165) is 25.7 Å². The standard InChI is InChI=1S/C27H37N7O6S.C26H37N7O5S.C26H34N6O6S/c1-4-6-23-28-19(3)25-27(36)29-26(30-34(23)25)21-17-20(7-8-22(21)40-5-2)41(37,38)33-11-9-32(10-12-33)24(35)18-31-13-15-39-16-14-31;1-6-8-22-28-18(5)24-26(35)29-25(30-33(22)24)20-15-19(9-10-21(20)38-7-2)39(36,37)32-13-11-31(12-14-32)16-23(34)27-17(3)4;1-4-7-22-27-17(3)23-25(33)28-24(29-32(22)23)19-16-18(9-10-20(19)37-5-2)39(35,36)31-13-11-30(12-14-31)26(34)21-8-6-15-38-21/h7-8,17H,4-6,9-16,18H2,1-3H3,(H,29,30,36);9-10,15,17H,6-8,11-14,16H2,1-5H3,(H,27,34)(H,29,30,35);9-10,16,21H,4-8,11-15H2,1-3H3,(H,28,29,33). The van der Waals surface area contributed by atoms with Crippen molar-refractivity contribution < 1.29 is 63.3 Å². The van der Waals surface area contributed by atoms with Gasteiger partial charge in [-0.05, 0) is 142 Å². The first-order chi connectivity index (χ1) is 57.0. The van der Waals surface area contributed by atoms with Crippen molar-refractivity contribution in [1.29, 1.82) is 0 Å². The maximum absolute atomic E-state index is 13.7. The van der Waals surface area contributed by atoms with Gasteiger partial charge < -0.3 is 53.8 Å². The molecule has 9 aromatic rings. The minimum absolute atomic E-state index is 0.00472. The monoisotopic (exact) mass is 1700 g/mol. The largest absolute Gasteiger partial charge is 0.493 e. The summed E-state index contributed by atoms with van der Waals surface area (Å²) >= 11 is 0. The Morgan fingerprint density at radius 3 is 1.17 bits per heavy atom. The van der Waals surface area contributed by atoms with Gasteiger partial charge >= 0.3 is 0 Å². The Morgan fingerprint density at radius 1 is 0.479 bits per heavy atom. The number of benzene rings is 3. The molecule has 5 fully saturated rings. The van der Waals surface area contributed by atoms with Crippen LogP contribution in [0, 0.1) is 20.8 Å². The molecule has 119 heavy (non-hydrogen) atoms. The molecule has 644 valence electrons. The van der Waals surface area contributed by atoms with Gasteiger partial charge in [0.25, 0.3) is 22.6 Å². The summed E-state index contributed by atoms with van der Waals surface area (Å²) in [6.45, 7) is 28.8. The SMILES string of the molecule is CCCc1nc(C)c2c(=O)[nH]c(-c3cc(S(=O)(=O)N4CCN(C(=O)C5CCCO5)CC4)ccc3OCC)nn12.CCCc1nc(C)c2c(=O)[nH]c(-c3cc(S(=O)(=O)N4CCN(C(=O)CN5CCOCC5)CC4)ccc3OCC)nn12.CCCc1nc(C)c2c(=O)[nH]c(-c3cc(S(=O)(=O)N4CCN(CC(=O)NC(C)C)CC4)ccc3OCC)nn12. The highest BCUT2D eigenvalue weighted by Gasteiger charge is 2.37. The highest BCUT2D eigenvalue weighted by atomic mass is 32.2. The van der Waals surface area contributed by atoms with Gasteiger partial charge in [0.1, 0.15) is 40.8 Å². The first-order valence-electron chi connectivity index (χ1n) is 40.8. The smallest absolute Gasteiger partial charge is 0.277 e. The van der Waals surface area contributed by atoms with E-state index >= 15 is 0 Å². The first-order valence-corrected chi connectivity index (χ1v) is 45.1. The number of nitrogens with one attached hydrogen (secondary N) is 4. The van der Waals surface area contributed by atoms with Crippen molar-refractivity contribution >= 4 is 64.3 Å². The number of hydrogen-bond donors (Lipinski definition) is 4. The second-order valence-corrected chi connectivity index (χ2v) is 35.7. The van der Waals surface area contributed by atoms with Crippen molar-refractivity contribution in [1.82, 2.24) is 96.6 Å². The first kappa shape index (κ1) is 88.4. The van der Waals surface area contributed by atoms with Crippen LogP contribution in [0.25, 0.3) is 50.7 Å². The van der Waals surface area contributed by atoms with Crippen LogP contribution in [0.1, 0.15) is 122 Å². The van der Waals surface area contributed by atoms with Gasteiger partial charge in [-0.1, -0.05) is 20.8 Å². The number of aromatic nitrogens is 12. The third-order valence-electron chi connectivity index (χ3n) is 21.0. The van der Waals surface area contributed by atoms with Gasteiger partial charge in [-0.3, -0.25) is 38.6 Å². The molecule has 14 rings (SSSR count). The number of piperazine rings is 3. The quantitative estimate of drug-likeness (QED) is 0.0559. The number of imidazole rings is 3. The Hall–Kier alpha value is -9.91. The number of hydrogen-bond acceptors (Lipinski definition) is 25. The third kappa shape index (κ3) is 19.8. The molecule has 40 heteroatoms. The van der Waals surface area contributed by atoms with Crippen LogP contribution in [0.3, 0.4) is 0 Å². The Morgan fingerprint density at radius 2 is 0.832 bits per heavy atom. The van der Waals surface area contributed by atoms with Gasteiger partial charge in [-0.2, -0.15) is 12.9 Å². The number of morpholine rings is 1. The molecule has 6 aromatic heterocycles. The average molecular weight is 1710 g/mol. The summed E-state index contributed by atoms with van der Waals surface area (Å²) in [7, 11) is -11.6. The molecule has 11 heterocycles. The summed E-state index contributed by atoms with van der Waals surface area (Å²) in [6, 6.07) is 13.8. The zero-order valence-electron chi connectivity index (χ0n) is 69.4. The third-order valence-corrected chi connectivity index (χ3v) is 26.7. The van der Waals surface area contributed by atoms with Crippen molar-refractivity contribution in [3.05, 3.63) is 120 Å². The molecule has 0 spiro atoms. The molecule has 0 bridgehead atoms. The maximum Gasteiger partial charge on any atom is 0.277 e. The summed E-state index contributed by atoms with van der Waals surface area (Å²) in [5, 5.41) is 16.8. The number of amides is 3. The number of fused-ring (bicyclic) bond motifs is 3. The molecule has 3 aromatic carbocycles. The minimum Gasteiger partial charge on any atom is -0.493 e. The van der Waals surface area contributed by atoms with Crippen LogP contribution in [-0.2, 0) is 73.2 Å². The number of nitrogens with zero attached hydrogens (tertiary/aromatic N) is 16. The summed E-state index contributed by atoms with van der Waals surface area (Å²) in [5.74, 6) is 3.63. The highest BCUT2D eigenvalue weighted by Crippen LogP contribution is 2.36. The van der Waals surface area contributed by atoms with Gasteiger partial charge in [0.2, 0.25) is 41.9 Å². The van der Waals surface area contributed by atoms with Gasteiger partial charge in [0, 0.05) is 124 Å². The molecule has 0 radical (unpaired) electrons. The number of aryl methyl sites for hydroxylation is 6. The predicted octanol–water partition coefficient (Wildman–Crippen LogP) is 4.24. The van der Waals surface area contributed by atoms with E-state index in [1.165, 1.54) is 58.3 Å². The molecule has 3 amide bonds. The Labute approximate surface area is 690 Å². The van der Waals surface area contributed by atoms with Crippen LogP contribution in [0.4, 0.5) is 0 Å². The number of ether oxygens (including phenoxy) is 5. The number of carbonyl (C=O) groups is 3. The molecule has 1 unspecified atom stereocenters. The van der Waals surface area contributed by atoms with Crippen LogP contribution in [-0.4, -0.2) is 291 Å². The molecule has 4 N–H and O–H groups in total. The van der Waals surface area contributed by atoms with Crippen LogP contribution < -0.4 is 36.2 Å². The van der Waals surface area contributed by atoms with E-state index in [1.54, 1.807) is 53.3 Å². The van der Waals surface area contributed by atoms with Crippen LogP contribution >= 0.6 is 0 Å². The number of H-pyrrole nitrogens is 3. The van der Waals surface area contributed by atoms with Crippen molar-refractivity contribution in [2.75, 3.05) is 144 Å². The molecular weight excluding hydrogens is 1600 g/mol. The van der Waals surface area contributed by atoms with Crippen molar-refractivity contribution in [3.63, 3.8) is 0 Å². The molecule has 1 atom stereocenters. The van der Waals surface area contributed by atoms with Gasteiger partial charge in [0.15, 0.2) is 34.0 Å². The van der Waals surface area contributed by atoms with Crippen molar-refractivity contribution in [2.24, 2.45) is 0 Å². The second kappa shape index (κ2) is 38.6. The highest BCUT2D eigenvalue weighted by molar-refractivity contribution is 7.89. The molecular formula is C79H108N20O17S3. The molecule has 5 aliphatic rings. The van der Waals surface area contributed by atoms with E-state index in [-0.39, 0.29) is 118 Å². The molecule has 5 saturated heterocycles. The van der Waals surface area contributed by atoms with Crippen molar-refractivity contribution in [3.8, 4) is 51.4 Å². The van der Waals surface area contributed by atoms with Gasteiger partial charge in [-0.25, -0.2) is 53.8 Å². The lowest BCUT2D eigenvalue weighted by Gasteiger charge is -2.35. The molecule has 0 aliphatic carbocycles. The summed E-state index contributed by atoms with van der Waals surface area (Å²) in [5.41, 5.74) is 2.83. The Kier molecular flexibility index (Phi) is 28.7. The molecule has 5 aliphatic heterocycles. The number of sulfonamides is 3. The Balaban J connectivity index is 0.000000164.